The normalized spacial score (nSPS) is 37.7. The molecule has 0 aromatic carbocycles. The summed E-state index contributed by atoms with van der Waals surface area (Å²) in [7, 11) is -4.18. The van der Waals surface area contributed by atoms with E-state index in [4.69, 9.17) is 19.4 Å². The maximum absolute atomic E-state index is 12.1. The van der Waals surface area contributed by atoms with Gasteiger partial charge in [-0.3, -0.25) is 4.55 Å². The van der Waals surface area contributed by atoms with Gasteiger partial charge < -0.3 is 14.8 Å². The lowest BCUT2D eigenvalue weighted by Gasteiger charge is -2.39. The van der Waals surface area contributed by atoms with Crippen LogP contribution in [0.4, 0.5) is 5.82 Å². The summed E-state index contributed by atoms with van der Waals surface area (Å²) in [5, 5.41) is 2.59. The molecular formula is C32H49N3O5S. The van der Waals surface area contributed by atoms with Gasteiger partial charge in [-0.25, -0.2) is 0 Å². The Bertz CT molecular complexity index is 1110. The molecule has 1 heterocycles. The number of hydrogen-bond donors (Lipinski definition) is 2. The molecule has 0 bridgehead atoms. The fourth-order valence-electron chi connectivity index (χ4n) is 8.89. The molecule has 2 N–H and O–H groups in total. The number of rotatable bonds is 8. The lowest BCUT2D eigenvalue weighted by Crippen LogP contribution is -2.40. The Hall–Kier alpha value is -1.87. The van der Waals surface area contributed by atoms with Crippen LogP contribution >= 0.6 is 0 Å². The maximum atomic E-state index is 12.1. The van der Waals surface area contributed by atoms with Gasteiger partial charge in [-0.2, -0.15) is 18.4 Å². The average molecular weight is 588 g/mol. The number of aromatic nitrogens is 2. The van der Waals surface area contributed by atoms with Gasteiger partial charge in [-0.05, 0) is 87.4 Å². The number of anilines is 1. The molecule has 41 heavy (non-hydrogen) atoms. The van der Waals surface area contributed by atoms with Crippen molar-refractivity contribution in [1.82, 2.24) is 9.97 Å². The third-order valence-corrected chi connectivity index (χ3v) is 12.4. The minimum Gasteiger partial charge on any atom is -0.474 e. The molecule has 1 aromatic rings. The molecule has 8 nitrogen and oxygen atoms in total. The molecule has 5 aliphatic rings. The molecule has 5 saturated carbocycles. The van der Waals surface area contributed by atoms with E-state index in [9.17, 15) is 13.0 Å². The van der Waals surface area contributed by atoms with E-state index in [1.165, 1.54) is 64.2 Å². The van der Waals surface area contributed by atoms with Gasteiger partial charge in [0.1, 0.15) is 18.0 Å². The summed E-state index contributed by atoms with van der Waals surface area (Å²) in [5.41, 5.74) is 0. The summed E-state index contributed by atoms with van der Waals surface area (Å²) in [6.45, 7) is 3.79. The van der Waals surface area contributed by atoms with E-state index < -0.39 is 15.4 Å². The number of hydrogen-bond acceptors (Lipinski definition) is 7. The lowest BCUT2D eigenvalue weighted by atomic mass is 9.70. The third kappa shape index (κ3) is 7.20. The van der Waals surface area contributed by atoms with Gasteiger partial charge in [-0.15, -0.1) is 6.58 Å². The SMILES string of the molecule is C=CC1CCC(Nc2cc(OC3CCC4CCCCC4C3)nc(OC3CCC4CCCCC4C3)n2)CC1S(=O)(=O)O. The fraction of sp³-hybridized carbons (Fsp3) is 0.812. The molecule has 9 atom stereocenters. The highest BCUT2D eigenvalue weighted by atomic mass is 32.2. The summed E-state index contributed by atoms with van der Waals surface area (Å²) in [6.07, 6.45) is 21.0. The molecule has 0 spiro atoms. The first-order valence-electron chi connectivity index (χ1n) is 16.4. The smallest absolute Gasteiger partial charge is 0.321 e. The Morgan fingerprint density at radius 3 is 2.00 bits per heavy atom. The molecule has 0 aliphatic heterocycles. The Morgan fingerprint density at radius 1 is 0.780 bits per heavy atom. The molecule has 9 unspecified atom stereocenters. The molecule has 0 radical (unpaired) electrons. The van der Waals surface area contributed by atoms with Crippen molar-refractivity contribution in [2.75, 3.05) is 5.32 Å². The number of nitrogens with one attached hydrogen (secondary N) is 1. The third-order valence-electron chi connectivity index (χ3n) is 11.1. The Balaban J connectivity index is 1.18. The molecule has 9 heteroatoms. The standard InChI is InChI=1S/C32H49N3O5S/c1-2-21-11-14-26(19-29(21)41(36,37)38)33-30-20-31(39-27-15-12-22-7-3-5-9-24(22)17-27)35-32(34-30)40-28-16-13-23-8-4-6-10-25(23)18-28/h2,20-29H,1,3-19H2,(H,33,34,35)(H,36,37,38). The van der Waals surface area contributed by atoms with Gasteiger partial charge in [0.05, 0.1) is 5.25 Å². The van der Waals surface area contributed by atoms with Crippen LogP contribution < -0.4 is 14.8 Å². The van der Waals surface area contributed by atoms with Crippen LogP contribution in [0.3, 0.4) is 0 Å². The van der Waals surface area contributed by atoms with Crippen molar-refractivity contribution < 1.29 is 22.4 Å². The largest absolute Gasteiger partial charge is 0.474 e. The first kappa shape index (κ1) is 29.2. The Morgan fingerprint density at radius 2 is 1.39 bits per heavy atom. The fourth-order valence-corrected chi connectivity index (χ4v) is 10.1. The zero-order chi connectivity index (χ0) is 28.4. The van der Waals surface area contributed by atoms with Crippen LogP contribution in [0.15, 0.2) is 18.7 Å². The van der Waals surface area contributed by atoms with Crippen molar-refractivity contribution in [2.45, 2.75) is 133 Å². The van der Waals surface area contributed by atoms with Gasteiger partial charge in [0.25, 0.3) is 10.1 Å². The summed E-state index contributed by atoms with van der Waals surface area (Å²) in [6, 6.07) is 2.05. The molecule has 6 rings (SSSR count). The predicted molar refractivity (Wildman–Crippen MR) is 160 cm³/mol. The summed E-state index contributed by atoms with van der Waals surface area (Å²) in [5.74, 6) is 4.06. The van der Waals surface area contributed by atoms with Gasteiger partial charge in [0.2, 0.25) is 5.88 Å². The molecule has 228 valence electrons. The van der Waals surface area contributed by atoms with Crippen molar-refractivity contribution in [3.63, 3.8) is 0 Å². The van der Waals surface area contributed by atoms with E-state index >= 15 is 0 Å². The second-order valence-electron chi connectivity index (χ2n) is 13.7. The quantitative estimate of drug-likeness (QED) is 0.248. The Kier molecular flexibility index (Phi) is 9.11. The molecule has 5 aliphatic carbocycles. The van der Waals surface area contributed by atoms with Gasteiger partial charge in [-0.1, -0.05) is 57.4 Å². The van der Waals surface area contributed by atoms with Crippen LogP contribution in [0.25, 0.3) is 0 Å². The van der Waals surface area contributed by atoms with Gasteiger partial charge in [0.15, 0.2) is 0 Å². The van der Waals surface area contributed by atoms with E-state index in [-0.39, 0.29) is 24.2 Å². The zero-order valence-corrected chi connectivity index (χ0v) is 25.3. The van der Waals surface area contributed by atoms with Crippen molar-refractivity contribution in [3.05, 3.63) is 18.7 Å². The first-order chi connectivity index (χ1) is 19.8. The predicted octanol–water partition coefficient (Wildman–Crippen LogP) is 6.98. The van der Waals surface area contributed by atoms with Crippen LogP contribution in [-0.2, 0) is 10.1 Å². The lowest BCUT2D eigenvalue weighted by molar-refractivity contribution is 0.0523. The molecule has 0 saturated heterocycles. The number of nitrogens with zero attached hydrogens (tertiary/aromatic N) is 2. The van der Waals surface area contributed by atoms with E-state index in [0.717, 1.165) is 55.8 Å². The van der Waals surface area contributed by atoms with Gasteiger partial charge >= 0.3 is 6.01 Å². The number of fused-ring (bicyclic) bond motifs is 2. The molecule has 5 fully saturated rings. The minimum atomic E-state index is -4.18. The average Bonchev–Trinajstić information content (AvgIpc) is 2.96. The number of allylic oxidation sites excluding steroid dienone is 1. The topological polar surface area (TPSA) is 111 Å². The van der Waals surface area contributed by atoms with Crippen LogP contribution in [0.1, 0.15) is 109 Å². The van der Waals surface area contributed by atoms with Crippen molar-refractivity contribution >= 4 is 15.9 Å². The molecule has 1 aromatic heterocycles. The maximum Gasteiger partial charge on any atom is 0.321 e. The number of ether oxygens (including phenoxy) is 2. The molecular weight excluding hydrogens is 538 g/mol. The summed E-state index contributed by atoms with van der Waals surface area (Å²) < 4.78 is 47.1. The van der Waals surface area contributed by atoms with Crippen molar-refractivity contribution in [1.29, 1.82) is 0 Å². The zero-order valence-electron chi connectivity index (χ0n) is 24.5. The van der Waals surface area contributed by atoms with Crippen LogP contribution in [0.2, 0.25) is 0 Å². The van der Waals surface area contributed by atoms with Crippen molar-refractivity contribution in [3.8, 4) is 11.9 Å². The van der Waals surface area contributed by atoms with E-state index in [1.54, 1.807) is 6.08 Å². The second kappa shape index (κ2) is 12.8. The van der Waals surface area contributed by atoms with Crippen molar-refractivity contribution in [2.24, 2.45) is 29.6 Å². The highest BCUT2D eigenvalue weighted by molar-refractivity contribution is 7.86. The van der Waals surface area contributed by atoms with Crippen LogP contribution in [0, 0.1) is 29.6 Å². The highest BCUT2D eigenvalue weighted by Gasteiger charge is 2.38. The van der Waals surface area contributed by atoms with Gasteiger partial charge in [0, 0.05) is 12.1 Å². The van der Waals surface area contributed by atoms with E-state index in [2.05, 4.69) is 11.9 Å². The monoisotopic (exact) mass is 587 g/mol. The van der Waals surface area contributed by atoms with E-state index in [0.29, 0.717) is 30.5 Å². The summed E-state index contributed by atoms with van der Waals surface area (Å²) in [4.78, 5) is 9.51. The van der Waals surface area contributed by atoms with Crippen LogP contribution in [-0.4, -0.2) is 46.4 Å². The van der Waals surface area contributed by atoms with E-state index in [1.807, 2.05) is 6.07 Å². The Labute approximate surface area is 246 Å². The molecule has 0 amide bonds. The first-order valence-corrected chi connectivity index (χ1v) is 17.9. The highest BCUT2D eigenvalue weighted by Crippen LogP contribution is 2.43. The van der Waals surface area contributed by atoms with Crippen LogP contribution in [0.5, 0.6) is 11.9 Å². The minimum absolute atomic E-state index is 0.113. The second-order valence-corrected chi connectivity index (χ2v) is 15.3. The summed E-state index contributed by atoms with van der Waals surface area (Å²) >= 11 is 0.